The second kappa shape index (κ2) is 13.7. The largest absolute Gasteiger partial charge is 0.381 e. The SMILES string of the molecule is C#Cc1cccc(NC(=O)CN=C(NCC)NCCCOCCCC)c1. The van der Waals surface area contributed by atoms with Crippen LogP contribution in [-0.4, -0.2) is 44.7 Å². The van der Waals surface area contributed by atoms with Crippen molar-refractivity contribution < 1.29 is 9.53 Å². The Morgan fingerprint density at radius 1 is 1.23 bits per heavy atom. The summed E-state index contributed by atoms with van der Waals surface area (Å²) >= 11 is 0. The number of nitrogens with zero attached hydrogens (tertiary/aromatic N) is 1. The van der Waals surface area contributed by atoms with E-state index in [9.17, 15) is 4.79 Å². The van der Waals surface area contributed by atoms with Gasteiger partial charge < -0.3 is 20.7 Å². The number of anilines is 1. The van der Waals surface area contributed by atoms with Crippen LogP contribution < -0.4 is 16.0 Å². The molecule has 1 aromatic rings. The zero-order valence-corrected chi connectivity index (χ0v) is 15.8. The average Bonchev–Trinajstić information content (AvgIpc) is 2.65. The molecule has 6 heteroatoms. The van der Waals surface area contributed by atoms with E-state index < -0.39 is 0 Å². The maximum absolute atomic E-state index is 12.1. The number of benzene rings is 1. The second-order valence-corrected chi connectivity index (χ2v) is 5.71. The lowest BCUT2D eigenvalue weighted by Crippen LogP contribution is -2.38. The van der Waals surface area contributed by atoms with Crippen LogP contribution in [0.3, 0.4) is 0 Å². The maximum atomic E-state index is 12.1. The lowest BCUT2D eigenvalue weighted by Gasteiger charge is -2.11. The standard InChI is InChI=1S/C20H30N4O2/c1-4-7-13-26-14-9-12-22-20(21-6-3)23-16-19(25)24-18-11-8-10-17(5-2)15-18/h2,8,10-11,15H,4,6-7,9,12-14,16H2,1,3H3,(H,24,25)(H2,21,22,23). The van der Waals surface area contributed by atoms with Crippen LogP contribution in [0.25, 0.3) is 0 Å². The fourth-order valence-corrected chi connectivity index (χ4v) is 2.11. The van der Waals surface area contributed by atoms with Gasteiger partial charge in [-0.25, -0.2) is 4.99 Å². The second-order valence-electron chi connectivity index (χ2n) is 5.71. The van der Waals surface area contributed by atoms with Gasteiger partial charge in [0.05, 0.1) is 0 Å². The van der Waals surface area contributed by atoms with Crippen molar-refractivity contribution in [2.45, 2.75) is 33.1 Å². The molecule has 3 N–H and O–H groups in total. The Balaban J connectivity index is 2.37. The number of terminal acetylenes is 1. The molecule has 0 atom stereocenters. The van der Waals surface area contributed by atoms with E-state index in [1.54, 1.807) is 12.1 Å². The molecule has 0 radical (unpaired) electrons. The third-order valence-corrected chi connectivity index (χ3v) is 3.44. The summed E-state index contributed by atoms with van der Waals surface area (Å²) < 4.78 is 5.52. The lowest BCUT2D eigenvalue weighted by molar-refractivity contribution is -0.114. The van der Waals surface area contributed by atoms with Crippen LogP contribution in [0.4, 0.5) is 5.69 Å². The molecule has 1 amide bonds. The van der Waals surface area contributed by atoms with E-state index in [2.05, 4.69) is 33.8 Å². The van der Waals surface area contributed by atoms with Gasteiger partial charge >= 0.3 is 0 Å². The van der Waals surface area contributed by atoms with Crippen LogP contribution in [-0.2, 0) is 9.53 Å². The van der Waals surface area contributed by atoms with Crippen molar-refractivity contribution in [3.8, 4) is 12.3 Å². The highest BCUT2D eigenvalue weighted by Crippen LogP contribution is 2.09. The molecule has 26 heavy (non-hydrogen) atoms. The number of carbonyl (C=O) groups is 1. The number of carbonyl (C=O) groups excluding carboxylic acids is 1. The minimum absolute atomic E-state index is 0.0304. The van der Waals surface area contributed by atoms with E-state index >= 15 is 0 Å². The molecule has 1 rings (SSSR count). The van der Waals surface area contributed by atoms with E-state index in [1.165, 1.54) is 0 Å². The van der Waals surface area contributed by atoms with Gasteiger partial charge in [-0.1, -0.05) is 25.3 Å². The molecule has 0 aliphatic carbocycles. The number of unbranched alkanes of at least 4 members (excludes halogenated alkanes) is 1. The first-order chi connectivity index (χ1) is 12.7. The molecule has 0 bridgehead atoms. The van der Waals surface area contributed by atoms with Gasteiger partial charge in [-0.15, -0.1) is 6.42 Å². The molecular formula is C20H30N4O2. The van der Waals surface area contributed by atoms with Crippen molar-refractivity contribution >= 4 is 17.6 Å². The molecule has 0 heterocycles. The zero-order chi connectivity index (χ0) is 19.0. The molecule has 1 aromatic carbocycles. The quantitative estimate of drug-likeness (QED) is 0.246. The van der Waals surface area contributed by atoms with E-state index in [4.69, 9.17) is 11.2 Å². The summed E-state index contributed by atoms with van der Waals surface area (Å²) in [7, 11) is 0. The molecule has 6 nitrogen and oxygen atoms in total. The molecule has 0 saturated carbocycles. The summed E-state index contributed by atoms with van der Waals surface area (Å²) in [5.74, 6) is 2.97. The number of aliphatic imine (C=N–C) groups is 1. The summed E-state index contributed by atoms with van der Waals surface area (Å²) in [5, 5.41) is 9.12. The van der Waals surface area contributed by atoms with Crippen molar-refractivity contribution in [1.29, 1.82) is 0 Å². The summed E-state index contributed by atoms with van der Waals surface area (Å²) in [6, 6.07) is 7.17. The summed E-state index contributed by atoms with van der Waals surface area (Å²) in [6.45, 7) is 7.16. The Morgan fingerprint density at radius 3 is 2.77 bits per heavy atom. The highest BCUT2D eigenvalue weighted by Gasteiger charge is 2.03. The molecule has 0 fully saturated rings. The molecule has 0 aliphatic rings. The molecular weight excluding hydrogens is 328 g/mol. The Kier molecular flexibility index (Phi) is 11.4. The summed E-state index contributed by atoms with van der Waals surface area (Å²) in [6.07, 6.45) is 8.49. The Labute approximate surface area is 156 Å². The average molecular weight is 358 g/mol. The van der Waals surface area contributed by atoms with E-state index in [-0.39, 0.29) is 12.5 Å². The van der Waals surface area contributed by atoms with Crippen LogP contribution in [0.2, 0.25) is 0 Å². The minimum Gasteiger partial charge on any atom is -0.381 e. The van der Waals surface area contributed by atoms with Crippen LogP contribution in [0.1, 0.15) is 38.7 Å². The van der Waals surface area contributed by atoms with Crippen molar-refractivity contribution in [2.75, 3.05) is 38.2 Å². The number of amides is 1. The van der Waals surface area contributed by atoms with Crippen molar-refractivity contribution in [3.05, 3.63) is 29.8 Å². The van der Waals surface area contributed by atoms with Gasteiger partial charge in [0.1, 0.15) is 6.54 Å². The topological polar surface area (TPSA) is 74.8 Å². The van der Waals surface area contributed by atoms with E-state index in [0.29, 0.717) is 11.6 Å². The molecule has 0 aliphatic heterocycles. The van der Waals surface area contributed by atoms with Crippen molar-refractivity contribution in [1.82, 2.24) is 10.6 Å². The maximum Gasteiger partial charge on any atom is 0.246 e. The predicted octanol–water partition coefficient (Wildman–Crippen LogP) is 2.37. The van der Waals surface area contributed by atoms with Crippen LogP contribution >= 0.6 is 0 Å². The first kappa shape index (κ1) is 21.5. The van der Waals surface area contributed by atoms with E-state index in [0.717, 1.165) is 51.1 Å². The fraction of sp³-hybridized carbons (Fsp3) is 0.500. The smallest absolute Gasteiger partial charge is 0.246 e. The minimum atomic E-state index is -0.195. The van der Waals surface area contributed by atoms with Gasteiger partial charge in [0.2, 0.25) is 5.91 Å². The Morgan fingerprint density at radius 2 is 2.04 bits per heavy atom. The van der Waals surface area contributed by atoms with Gasteiger partial charge in [-0.05, 0) is 38.0 Å². The van der Waals surface area contributed by atoms with E-state index in [1.807, 2.05) is 19.1 Å². The van der Waals surface area contributed by atoms with Crippen LogP contribution in [0.5, 0.6) is 0 Å². The molecule has 0 unspecified atom stereocenters. The Hall–Kier alpha value is -2.52. The summed E-state index contributed by atoms with van der Waals surface area (Å²) in [5.41, 5.74) is 1.39. The Bertz CT molecular complexity index is 608. The number of guanidine groups is 1. The zero-order valence-electron chi connectivity index (χ0n) is 15.8. The normalized spacial score (nSPS) is 10.9. The molecule has 0 spiro atoms. The molecule has 0 saturated heterocycles. The molecule has 0 aromatic heterocycles. The number of hydrogen-bond donors (Lipinski definition) is 3. The van der Waals surface area contributed by atoms with Gasteiger partial charge in [0.25, 0.3) is 0 Å². The van der Waals surface area contributed by atoms with Crippen molar-refractivity contribution in [3.63, 3.8) is 0 Å². The number of nitrogens with one attached hydrogen (secondary N) is 3. The molecule has 142 valence electrons. The van der Waals surface area contributed by atoms with Gasteiger partial charge in [0, 0.05) is 37.6 Å². The van der Waals surface area contributed by atoms with Crippen molar-refractivity contribution in [2.24, 2.45) is 4.99 Å². The summed E-state index contributed by atoms with van der Waals surface area (Å²) in [4.78, 5) is 16.4. The number of ether oxygens (including phenoxy) is 1. The first-order valence-electron chi connectivity index (χ1n) is 9.16. The number of rotatable bonds is 11. The number of hydrogen-bond acceptors (Lipinski definition) is 3. The third-order valence-electron chi connectivity index (χ3n) is 3.44. The lowest BCUT2D eigenvalue weighted by atomic mass is 10.2. The highest BCUT2D eigenvalue weighted by atomic mass is 16.5. The highest BCUT2D eigenvalue weighted by molar-refractivity contribution is 5.94. The first-order valence-corrected chi connectivity index (χ1v) is 9.16. The van der Waals surface area contributed by atoms with Crippen LogP contribution in [0.15, 0.2) is 29.3 Å². The monoisotopic (exact) mass is 358 g/mol. The van der Waals surface area contributed by atoms with Gasteiger partial charge in [-0.2, -0.15) is 0 Å². The van der Waals surface area contributed by atoms with Gasteiger partial charge in [-0.3, -0.25) is 4.79 Å². The van der Waals surface area contributed by atoms with Crippen LogP contribution in [0, 0.1) is 12.3 Å². The van der Waals surface area contributed by atoms with Gasteiger partial charge in [0.15, 0.2) is 5.96 Å². The fourth-order valence-electron chi connectivity index (χ4n) is 2.11. The third kappa shape index (κ3) is 9.70. The predicted molar refractivity (Wildman–Crippen MR) is 107 cm³/mol.